The summed E-state index contributed by atoms with van der Waals surface area (Å²) in [6.07, 6.45) is 2.21. The van der Waals surface area contributed by atoms with Gasteiger partial charge in [-0.3, -0.25) is 4.79 Å². The van der Waals surface area contributed by atoms with Gasteiger partial charge in [0, 0.05) is 11.6 Å². The highest BCUT2D eigenvalue weighted by molar-refractivity contribution is 7.18. The Labute approximate surface area is 130 Å². The molecule has 1 fully saturated rings. The summed E-state index contributed by atoms with van der Waals surface area (Å²) in [5.74, 6) is 1.38. The van der Waals surface area contributed by atoms with Crippen LogP contribution >= 0.6 is 11.3 Å². The zero-order valence-electron chi connectivity index (χ0n) is 13.5. The predicted octanol–water partition coefficient (Wildman–Crippen LogP) is 3.10. The summed E-state index contributed by atoms with van der Waals surface area (Å²) >= 11 is 1.32. The number of anilines is 2. The van der Waals surface area contributed by atoms with Crippen LogP contribution in [-0.4, -0.2) is 22.5 Å². The van der Waals surface area contributed by atoms with E-state index in [-0.39, 0.29) is 17.5 Å². The minimum absolute atomic E-state index is 0.0992. The molecular weight excluding hydrogens is 284 g/mol. The Morgan fingerprint density at radius 1 is 1.33 bits per heavy atom. The molecule has 2 rings (SSSR count). The minimum Gasteiger partial charge on any atom is -0.382 e. The number of nitrogens with one attached hydrogen (secondary N) is 2. The van der Waals surface area contributed by atoms with Crippen LogP contribution in [0.1, 0.15) is 57.1 Å². The summed E-state index contributed by atoms with van der Waals surface area (Å²) < 4.78 is 0. The molecular formula is C15H26N4OS. The van der Waals surface area contributed by atoms with Gasteiger partial charge in [0.05, 0.1) is 0 Å². The number of nitrogens with zero attached hydrogens (tertiary/aromatic N) is 1. The van der Waals surface area contributed by atoms with Gasteiger partial charge in [0.2, 0.25) is 0 Å². The van der Waals surface area contributed by atoms with Crippen LogP contribution in [0, 0.1) is 11.8 Å². The summed E-state index contributed by atoms with van der Waals surface area (Å²) in [6, 6.07) is 0.244. The second kappa shape index (κ2) is 5.83. The first-order chi connectivity index (χ1) is 9.67. The van der Waals surface area contributed by atoms with Crippen LogP contribution < -0.4 is 16.4 Å². The Bertz CT molecular complexity index is 520. The Morgan fingerprint density at radius 3 is 2.52 bits per heavy atom. The van der Waals surface area contributed by atoms with Gasteiger partial charge in [-0.2, -0.15) is 0 Å². The molecule has 1 amide bonds. The van der Waals surface area contributed by atoms with Crippen LogP contribution in [0.15, 0.2) is 0 Å². The Hall–Kier alpha value is -1.30. The SMILES string of the molecule is CC1CCC(NC(=O)c2sc(NC(C)(C)C)nc2N)C1C. The molecule has 0 spiro atoms. The van der Waals surface area contributed by atoms with E-state index in [9.17, 15) is 4.79 Å². The number of nitrogen functional groups attached to an aromatic ring is 1. The van der Waals surface area contributed by atoms with E-state index < -0.39 is 0 Å². The molecule has 21 heavy (non-hydrogen) atoms. The molecule has 1 aromatic heterocycles. The van der Waals surface area contributed by atoms with Crippen LogP contribution in [0.3, 0.4) is 0 Å². The maximum absolute atomic E-state index is 12.4. The molecule has 3 atom stereocenters. The van der Waals surface area contributed by atoms with Crippen molar-refractivity contribution in [2.45, 2.75) is 59.0 Å². The lowest BCUT2D eigenvalue weighted by Gasteiger charge is -2.19. The number of aromatic nitrogens is 1. The predicted molar refractivity (Wildman–Crippen MR) is 88.7 cm³/mol. The highest BCUT2D eigenvalue weighted by Crippen LogP contribution is 2.32. The lowest BCUT2D eigenvalue weighted by molar-refractivity contribution is 0.0932. The highest BCUT2D eigenvalue weighted by Gasteiger charge is 2.31. The average molecular weight is 310 g/mol. The zero-order chi connectivity index (χ0) is 15.8. The number of carbonyl (C=O) groups excluding carboxylic acids is 1. The number of thiazole rings is 1. The molecule has 3 unspecified atom stereocenters. The molecule has 1 heterocycles. The van der Waals surface area contributed by atoms with Gasteiger partial charge in [0.25, 0.3) is 5.91 Å². The van der Waals surface area contributed by atoms with E-state index >= 15 is 0 Å². The topological polar surface area (TPSA) is 80.0 Å². The van der Waals surface area contributed by atoms with Gasteiger partial charge in [-0.25, -0.2) is 4.98 Å². The summed E-state index contributed by atoms with van der Waals surface area (Å²) in [6.45, 7) is 10.6. The van der Waals surface area contributed by atoms with E-state index in [4.69, 9.17) is 5.73 Å². The summed E-state index contributed by atoms with van der Waals surface area (Å²) in [7, 11) is 0. The van der Waals surface area contributed by atoms with Crippen molar-refractivity contribution >= 4 is 28.2 Å². The molecule has 1 aliphatic carbocycles. The fourth-order valence-corrected chi connectivity index (χ4v) is 3.67. The van der Waals surface area contributed by atoms with Crippen molar-refractivity contribution < 1.29 is 4.79 Å². The molecule has 0 radical (unpaired) electrons. The number of amides is 1. The zero-order valence-corrected chi connectivity index (χ0v) is 14.3. The van der Waals surface area contributed by atoms with E-state index in [0.29, 0.717) is 27.7 Å². The van der Waals surface area contributed by atoms with Gasteiger partial charge >= 0.3 is 0 Å². The molecule has 118 valence electrons. The molecule has 0 bridgehead atoms. The van der Waals surface area contributed by atoms with Gasteiger partial charge in [0.1, 0.15) is 10.7 Å². The van der Waals surface area contributed by atoms with Crippen LogP contribution in [0.5, 0.6) is 0 Å². The molecule has 6 heteroatoms. The quantitative estimate of drug-likeness (QED) is 0.801. The lowest BCUT2D eigenvalue weighted by atomic mass is 9.98. The first kappa shape index (κ1) is 16.1. The van der Waals surface area contributed by atoms with Crippen molar-refractivity contribution in [3.8, 4) is 0 Å². The van der Waals surface area contributed by atoms with Gasteiger partial charge < -0.3 is 16.4 Å². The number of carbonyl (C=O) groups is 1. The summed E-state index contributed by atoms with van der Waals surface area (Å²) in [5.41, 5.74) is 5.79. The van der Waals surface area contributed by atoms with Crippen molar-refractivity contribution in [3.63, 3.8) is 0 Å². The monoisotopic (exact) mass is 310 g/mol. The molecule has 0 aromatic carbocycles. The number of nitrogens with two attached hydrogens (primary N) is 1. The maximum atomic E-state index is 12.4. The van der Waals surface area contributed by atoms with E-state index in [1.807, 2.05) is 20.8 Å². The molecule has 0 aliphatic heterocycles. The number of hydrogen-bond acceptors (Lipinski definition) is 5. The van der Waals surface area contributed by atoms with Gasteiger partial charge in [0.15, 0.2) is 5.13 Å². The third kappa shape index (κ3) is 3.87. The molecule has 1 saturated carbocycles. The van der Waals surface area contributed by atoms with E-state index in [1.54, 1.807) is 0 Å². The molecule has 0 saturated heterocycles. The van der Waals surface area contributed by atoms with Crippen LogP contribution in [0.25, 0.3) is 0 Å². The summed E-state index contributed by atoms with van der Waals surface area (Å²) in [5, 5.41) is 7.06. The standard InChI is InChI=1S/C15H26N4OS/c1-8-6-7-10(9(8)2)17-13(20)11-12(16)18-14(21-11)19-15(3,4)5/h8-10H,6-7,16H2,1-5H3,(H,17,20)(H,18,19). The average Bonchev–Trinajstić information content (AvgIpc) is 2.84. The molecule has 4 N–H and O–H groups in total. The Balaban J connectivity index is 2.06. The van der Waals surface area contributed by atoms with E-state index in [0.717, 1.165) is 6.42 Å². The van der Waals surface area contributed by atoms with Gasteiger partial charge in [-0.15, -0.1) is 0 Å². The third-order valence-electron chi connectivity index (χ3n) is 4.12. The normalized spacial score (nSPS) is 25.9. The fourth-order valence-electron chi connectivity index (χ4n) is 2.67. The lowest BCUT2D eigenvalue weighted by Crippen LogP contribution is -2.37. The Morgan fingerprint density at radius 2 is 2.00 bits per heavy atom. The smallest absolute Gasteiger partial charge is 0.265 e. The molecule has 1 aromatic rings. The first-order valence-electron chi connectivity index (χ1n) is 7.52. The third-order valence-corrected chi connectivity index (χ3v) is 5.11. The van der Waals surface area contributed by atoms with Crippen molar-refractivity contribution in [1.82, 2.24) is 10.3 Å². The highest BCUT2D eigenvalue weighted by atomic mass is 32.1. The van der Waals surface area contributed by atoms with E-state index in [1.165, 1.54) is 17.8 Å². The molecule has 1 aliphatic rings. The van der Waals surface area contributed by atoms with Crippen molar-refractivity contribution in [2.24, 2.45) is 11.8 Å². The van der Waals surface area contributed by atoms with Crippen molar-refractivity contribution in [3.05, 3.63) is 4.88 Å². The van der Waals surface area contributed by atoms with E-state index in [2.05, 4.69) is 29.5 Å². The fraction of sp³-hybridized carbons (Fsp3) is 0.733. The maximum Gasteiger partial charge on any atom is 0.265 e. The van der Waals surface area contributed by atoms with Gasteiger partial charge in [-0.05, 0) is 45.4 Å². The number of hydrogen-bond donors (Lipinski definition) is 3. The second-order valence-electron chi connectivity index (χ2n) is 7.10. The van der Waals surface area contributed by atoms with Gasteiger partial charge in [-0.1, -0.05) is 25.2 Å². The number of rotatable bonds is 3. The van der Waals surface area contributed by atoms with Crippen LogP contribution in [0.2, 0.25) is 0 Å². The van der Waals surface area contributed by atoms with Crippen molar-refractivity contribution in [2.75, 3.05) is 11.1 Å². The van der Waals surface area contributed by atoms with Crippen molar-refractivity contribution in [1.29, 1.82) is 0 Å². The second-order valence-corrected chi connectivity index (χ2v) is 8.10. The summed E-state index contributed by atoms with van der Waals surface area (Å²) in [4.78, 5) is 17.2. The van der Waals surface area contributed by atoms with Crippen LogP contribution in [0.4, 0.5) is 10.9 Å². The Kier molecular flexibility index (Phi) is 4.46. The first-order valence-corrected chi connectivity index (χ1v) is 8.34. The molecule has 5 nitrogen and oxygen atoms in total. The largest absolute Gasteiger partial charge is 0.382 e. The minimum atomic E-state index is -0.104. The van der Waals surface area contributed by atoms with Crippen LogP contribution in [-0.2, 0) is 0 Å².